The Balaban J connectivity index is 2.69. The van der Waals surface area contributed by atoms with Gasteiger partial charge in [0.1, 0.15) is 5.82 Å². The standard InChI is InChI=1S/C10H15N3O3/c1-7(14)8(12-10(15)16-3)6-9-11-4-5-13(9)2/h4-5,8H,6H2,1-3H3,(H,12,15). The number of carbonyl (C=O) groups is 2. The highest BCUT2D eigenvalue weighted by molar-refractivity contribution is 5.85. The molecule has 1 aromatic heterocycles. The van der Waals surface area contributed by atoms with Gasteiger partial charge in [-0.15, -0.1) is 0 Å². The van der Waals surface area contributed by atoms with Crippen LogP contribution < -0.4 is 5.32 Å². The highest BCUT2D eigenvalue weighted by Crippen LogP contribution is 2.01. The van der Waals surface area contributed by atoms with Crippen molar-refractivity contribution in [2.24, 2.45) is 7.05 Å². The van der Waals surface area contributed by atoms with Gasteiger partial charge < -0.3 is 14.6 Å². The van der Waals surface area contributed by atoms with Gasteiger partial charge in [-0.1, -0.05) is 0 Å². The molecule has 0 aliphatic carbocycles. The first-order valence-corrected chi connectivity index (χ1v) is 4.85. The van der Waals surface area contributed by atoms with E-state index in [0.717, 1.165) is 5.82 Å². The number of nitrogens with zero attached hydrogens (tertiary/aromatic N) is 2. The Morgan fingerprint density at radius 3 is 2.75 bits per heavy atom. The molecule has 6 nitrogen and oxygen atoms in total. The Kier molecular flexibility index (Phi) is 4.04. The smallest absolute Gasteiger partial charge is 0.407 e. The Morgan fingerprint density at radius 1 is 1.62 bits per heavy atom. The van der Waals surface area contributed by atoms with Crippen LogP contribution in [-0.4, -0.2) is 34.6 Å². The van der Waals surface area contributed by atoms with Crippen molar-refractivity contribution in [3.63, 3.8) is 0 Å². The highest BCUT2D eigenvalue weighted by Gasteiger charge is 2.19. The molecule has 0 radical (unpaired) electrons. The van der Waals surface area contributed by atoms with E-state index in [-0.39, 0.29) is 5.78 Å². The lowest BCUT2D eigenvalue weighted by molar-refractivity contribution is -0.118. The monoisotopic (exact) mass is 225 g/mol. The molecular formula is C10H15N3O3. The minimum absolute atomic E-state index is 0.131. The zero-order valence-corrected chi connectivity index (χ0v) is 9.56. The van der Waals surface area contributed by atoms with Gasteiger partial charge in [0.2, 0.25) is 0 Å². The summed E-state index contributed by atoms with van der Waals surface area (Å²) in [4.78, 5) is 26.4. The third-order valence-corrected chi connectivity index (χ3v) is 2.28. The predicted molar refractivity (Wildman–Crippen MR) is 56.9 cm³/mol. The third-order valence-electron chi connectivity index (χ3n) is 2.28. The molecule has 1 heterocycles. The molecule has 0 fully saturated rings. The summed E-state index contributed by atoms with van der Waals surface area (Å²) in [6.07, 6.45) is 3.16. The van der Waals surface area contributed by atoms with Crippen molar-refractivity contribution in [1.82, 2.24) is 14.9 Å². The molecular weight excluding hydrogens is 210 g/mol. The summed E-state index contributed by atoms with van der Waals surface area (Å²) in [5.41, 5.74) is 0. The summed E-state index contributed by atoms with van der Waals surface area (Å²) in [7, 11) is 3.09. The van der Waals surface area contributed by atoms with Gasteiger partial charge in [0.25, 0.3) is 0 Å². The predicted octanol–water partition coefficient (Wildman–Crippen LogP) is 0.276. The first-order valence-electron chi connectivity index (χ1n) is 4.85. The van der Waals surface area contributed by atoms with Gasteiger partial charge >= 0.3 is 6.09 Å². The minimum atomic E-state index is -0.616. The summed E-state index contributed by atoms with van der Waals surface area (Å²) in [5.74, 6) is 0.602. The highest BCUT2D eigenvalue weighted by atomic mass is 16.5. The zero-order chi connectivity index (χ0) is 12.1. The van der Waals surface area contributed by atoms with E-state index >= 15 is 0 Å². The van der Waals surface area contributed by atoms with E-state index < -0.39 is 12.1 Å². The topological polar surface area (TPSA) is 73.2 Å². The number of methoxy groups -OCH3 is 1. The van der Waals surface area contributed by atoms with Crippen molar-refractivity contribution in [2.45, 2.75) is 19.4 Å². The SMILES string of the molecule is COC(=O)NC(Cc1nccn1C)C(C)=O. The lowest BCUT2D eigenvalue weighted by atomic mass is 10.1. The number of Topliss-reactive ketones (excluding diaryl/α,β-unsaturated/α-hetero) is 1. The molecule has 16 heavy (non-hydrogen) atoms. The molecule has 1 rings (SSSR count). The minimum Gasteiger partial charge on any atom is -0.453 e. The van der Waals surface area contributed by atoms with Crippen molar-refractivity contribution in [2.75, 3.05) is 7.11 Å². The summed E-state index contributed by atoms with van der Waals surface area (Å²) in [5, 5.41) is 2.47. The quantitative estimate of drug-likeness (QED) is 0.798. The van der Waals surface area contributed by atoms with Crippen LogP contribution in [0.25, 0.3) is 0 Å². The van der Waals surface area contributed by atoms with E-state index in [1.165, 1.54) is 14.0 Å². The number of hydrogen-bond acceptors (Lipinski definition) is 4. The molecule has 1 N–H and O–H groups in total. The molecule has 0 bridgehead atoms. The lowest BCUT2D eigenvalue weighted by Crippen LogP contribution is -2.41. The van der Waals surface area contributed by atoms with Crippen molar-refractivity contribution in [3.8, 4) is 0 Å². The molecule has 1 unspecified atom stereocenters. The Hall–Kier alpha value is -1.85. The molecule has 6 heteroatoms. The van der Waals surface area contributed by atoms with E-state index in [0.29, 0.717) is 6.42 Å². The number of amides is 1. The van der Waals surface area contributed by atoms with Crippen molar-refractivity contribution >= 4 is 11.9 Å². The second-order valence-electron chi connectivity index (χ2n) is 3.46. The molecule has 1 aromatic rings. The second kappa shape index (κ2) is 5.29. The van der Waals surface area contributed by atoms with Gasteiger partial charge in [-0.25, -0.2) is 9.78 Å². The van der Waals surface area contributed by atoms with E-state index in [9.17, 15) is 9.59 Å². The van der Waals surface area contributed by atoms with Crippen LogP contribution >= 0.6 is 0 Å². The van der Waals surface area contributed by atoms with Crippen LogP contribution in [0.5, 0.6) is 0 Å². The average molecular weight is 225 g/mol. The van der Waals surface area contributed by atoms with Crippen LogP contribution in [0, 0.1) is 0 Å². The number of carbonyl (C=O) groups excluding carboxylic acids is 2. The molecule has 0 aromatic carbocycles. The summed E-state index contributed by atoms with van der Waals surface area (Å²) < 4.78 is 6.25. The van der Waals surface area contributed by atoms with Gasteiger partial charge in [0, 0.05) is 25.9 Å². The zero-order valence-electron chi connectivity index (χ0n) is 9.56. The summed E-state index contributed by atoms with van der Waals surface area (Å²) in [6.45, 7) is 1.42. The van der Waals surface area contributed by atoms with Gasteiger partial charge in [0.15, 0.2) is 5.78 Å². The third kappa shape index (κ3) is 3.08. The Bertz CT molecular complexity index is 386. The van der Waals surface area contributed by atoms with Crippen LogP contribution in [0.4, 0.5) is 4.79 Å². The largest absolute Gasteiger partial charge is 0.453 e. The summed E-state index contributed by atoms with van der Waals surface area (Å²) >= 11 is 0. The van der Waals surface area contributed by atoms with Crippen LogP contribution in [0.2, 0.25) is 0 Å². The second-order valence-corrected chi connectivity index (χ2v) is 3.46. The molecule has 0 spiro atoms. The fourth-order valence-electron chi connectivity index (χ4n) is 1.27. The van der Waals surface area contributed by atoms with Crippen LogP contribution in [0.1, 0.15) is 12.7 Å². The first kappa shape index (κ1) is 12.2. The number of ketones is 1. The molecule has 1 atom stereocenters. The van der Waals surface area contributed by atoms with Gasteiger partial charge in [-0.05, 0) is 6.92 Å². The van der Waals surface area contributed by atoms with Crippen molar-refractivity contribution in [3.05, 3.63) is 18.2 Å². The van der Waals surface area contributed by atoms with Crippen LogP contribution in [0.15, 0.2) is 12.4 Å². The molecule has 0 saturated carbocycles. The van der Waals surface area contributed by atoms with Gasteiger partial charge in [-0.3, -0.25) is 4.79 Å². The maximum Gasteiger partial charge on any atom is 0.407 e. The summed E-state index contributed by atoms with van der Waals surface area (Å²) in [6, 6.07) is -0.603. The Morgan fingerprint density at radius 2 is 2.31 bits per heavy atom. The molecule has 1 amide bonds. The van der Waals surface area contributed by atoms with E-state index in [1.807, 2.05) is 7.05 Å². The fourth-order valence-corrected chi connectivity index (χ4v) is 1.27. The average Bonchev–Trinajstić information content (AvgIpc) is 2.63. The number of imidazole rings is 1. The van der Waals surface area contributed by atoms with E-state index in [1.54, 1.807) is 17.0 Å². The number of rotatable bonds is 4. The number of aromatic nitrogens is 2. The number of nitrogens with one attached hydrogen (secondary N) is 1. The maximum absolute atomic E-state index is 11.3. The number of ether oxygens (including phenoxy) is 1. The lowest BCUT2D eigenvalue weighted by Gasteiger charge is -2.14. The molecule has 0 aliphatic rings. The van der Waals surface area contributed by atoms with E-state index in [2.05, 4.69) is 15.0 Å². The normalized spacial score (nSPS) is 11.9. The number of alkyl carbamates (subject to hydrolysis) is 1. The van der Waals surface area contributed by atoms with Crippen molar-refractivity contribution in [1.29, 1.82) is 0 Å². The van der Waals surface area contributed by atoms with E-state index in [4.69, 9.17) is 0 Å². The van der Waals surface area contributed by atoms with Crippen molar-refractivity contribution < 1.29 is 14.3 Å². The maximum atomic E-state index is 11.3. The van der Waals surface area contributed by atoms with Gasteiger partial charge in [-0.2, -0.15) is 0 Å². The van der Waals surface area contributed by atoms with Crippen LogP contribution in [-0.2, 0) is 23.0 Å². The molecule has 88 valence electrons. The fraction of sp³-hybridized carbons (Fsp3) is 0.500. The molecule has 0 saturated heterocycles. The first-order chi connectivity index (χ1) is 7.54. The molecule has 0 aliphatic heterocycles. The number of hydrogen-bond donors (Lipinski definition) is 1. The Labute approximate surface area is 93.6 Å². The van der Waals surface area contributed by atoms with Crippen LogP contribution in [0.3, 0.4) is 0 Å². The van der Waals surface area contributed by atoms with Gasteiger partial charge in [0.05, 0.1) is 13.2 Å². The number of aryl methyl sites for hydroxylation is 1.